The molecular weight excluding hydrogens is 255 g/mol. The second-order valence-corrected chi connectivity index (χ2v) is 3.99. The SMILES string of the molecule is CC(C)N(CCN)c1c(F)c(F)c(F)c(F)c1F. The Bertz CT molecular complexity index is 419. The molecule has 1 rings (SSSR count). The first-order valence-electron chi connectivity index (χ1n) is 5.31. The summed E-state index contributed by atoms with van der Waals surface area (Å²) in [7, 11) is 0. The second kappa shape index (κ2) is 5.51. The molecule has 1 aromatic carbocycles. The first-order chi connectivity index (χ1) is 8.32. The van der Waals surface area contributed by atoms with Gasteiger partial charge in [-0.1, -0.05) is 0 Å². The quantitative estimate of drug-likeness (QED) is 0.516. The zero-order chi connectivity index (χ0) is 14.0. The number of hydrogen-bond donors (Lipinski definition) is 1. The van der Waals surface area contributed by atoms with Crippen molar-refractivity contribution in [3.63, 3.8) is 0 Å². The summed E-state index contributed by atoms with van der Waals surface area (Å²) in [6.45, 7) is 3.13. The zero-order valence-electron chi connectivity index (χ0n) is 9.91. The lowest BCUT2D eigenvalue weighted by Gasteiger charge is -2.29. The Kier molecular flexibility index (Phi) is 4.50. The maximum atomic E-state index is 13.5. The van der Waals surface area contributed by atoms with Gasteiger partial charge < -0.3 is 10.6 Å². The van der Waals surface area contributed by atoms with Gasteiger partial charge in [0.1, 0.15) is 5.69 Å². The topological polar surface area (TPSA) is 29.3 Å². The summed E-state index contributed by atoms with van der Waals surface area (Å²) in [5.74, 6) is -9.74. The van der Waals surface area contributed by atoms with Gasteiger partial charge in [0.05, 0.1) is 0 Å². The van der Waals surface area contributed by atoms with E-state index in [4.69, 9.17) is 5.73 Å². The van der Waals surface area contributed by atoms with E-state index in [2.05, 4.69) is 0 Å². The molecule has 0 saturated carbocycles. The van der Waals surface area contributed by atoms with Gasteiger partial charge in [0.15, 0.2) is 23.3 Å². The van der Waals surface area contributed by atoms with Crippen LogP contribution in [0, 0.1) is 29.1 Å². The molecule has 0 saturated heterocycles. The van der Waals surface area contributed by atoms with Crippen molar-refractivity contribution in [3.05, 3.63) is 29.1 Å². The van der Waals surface area contributed by atoms with Gasteiger partial charge in [-0.15, -0.1) is 0 Å². The van der Waals surface area contributed by atoms with Crippen LogP contribution in [0.5, 0.6) is 0 Å². The monoisotopic (exact) mass is 268 g/mol. The van der Waals surface area contributed by atoms with Gasteiger partial charge in [-0.25, -0.2) is 22.0 Å². The third-order valence-corrected chi connectivity index (χ3v) is 2.47. The number of benzene rings is 1. The maximum Gasteiger partial charge on any atom is 0.200 e. The van der Waals surface area contributed by atoms with Gasteiger partial charge >= 0.3 is 0 Å². The summed E-state index contributed by atoms with van der Waals surface area (Å²) >= 11 is 0. The van der Waals surface area contributed by atoms with Crippen molar-refractivity contribution < 1.29 is 22.0 Å². The summed E-state index contributed by atoms with van der Waals surface area (Å²) < 4.78 is 66.0. The molecule has 0 fully saturated rings. The molecule has 0 aromatic heterocycles. The number of anilines is 1. The van der Waals surface area contributed by atoms with Crippen molar-refractivity contribution >= 4 is 5.69 Å². The molecule has 0 aliphatic rings. The van der Waals surface area contributed by atoms with Crippen LogP contribution in [0.2, 0.25) is 0 Å². The maximum absolute atomic E-state index is 13.5. The number of nitrogens with two attached hydrogens (primary N) is 1. The van der Waals surface area contributed by atoms with Gasteiger partial charge in [-0.3, -0.25) is 0 Å². The highest BCUT2D eigenvalue weighted by Gasteiger charge is 2.29. The lowest BCUT2D eigenvalue weighted by molar-refractivity contribution is 0.376. The smallest absolute Gasteiger partial charge is 0.200 e. The largest absolute Gasteiger partial charge is 0.363 e. The number of rotatable bonds is 4. The molecule has 7 heteroatoms. The molecule has 0 spiro atoms. The minimum absolute atomic E-state index is 0.0178. The van der Waals surface area contributed by atoms with Crippen molar-refractivity contribution in [3.8, 4) is 0 Å². The summed E-state index contributed by atoms with van der Waals surface area (Å²) in [5.41, 5.74) is 4.32. The molecular formula is C11H13F5N2. The Morgan fingerprint density at radius 1 is 0.889 bits per heavy atom. The summed E-state index contributed by atoms with van der Waals surface area (Å²) in [6, 6.07) is -0.457. The molecule has 0 aliphatic heterocycles. The molecule has 0 radical (unpaired) electrons. The minimum atomic E-state index is -2.16. The predicted octanol–water partition coefficient (Wildman–Crippen LogP) is 2.56. The minimum Gasteiger partial charge on any atom is -0.363 e. The summed E-state index contributed by atoms with van der Waals surface area (Å²) in [4.78, 5) is 1.04. The first-order valence-corrected chi connectivity index (χ1v) is 5.31. The van der Waals surface area contributed by atoms with Gasteiger partial charge in [-0.05, 0) is 13.8 Å². The van der Waals surface area contributed by atoms with E-state index >= 15 is 0 Å². The van der Waals surface area contributed by atoms with Crippen LogP contribution in [0.4, 0.5) is 27.6 Å². The number of hydrogen-bond acceptors (Lipinski definition) is 2. The standard InChI is InChI=1S/C11H13F5N2/c1-5(2)18(4-3-17)11-9(15)7(13)6(12)8(14)10(11)16/h5H,3-4,17H2,1-2H3. The molecule has 0 bridgehead atoms. The zero-order valence-corrected chi connectivity index (χ0v) is 9.91. The second-order valence-electron chi connectivity index (χ2n) is 3.99. The molecule has 2 nitrogen and oxygen atoms in total. The molecule has 102 valence electrons. The van der Waals surface area contributed by atoms with E-state index in [1.54, 1.807) is 13.8 Å². The van der Waals surface area contributed by atoms with Crippen molar-refractivity contribution in [2.24, 2.45) is 5.73 Å². The Morgan fingerprint density at radius 2 is 1.28 bits per heavy atom. The van der Waals surface area contributed by atoms with Gasteiger partial charge in [0.25, 0.3) is 0 Å². The van der Waals surface area contributed by atoms with Crippen LogP contribution >= 0.6 is 0 Å². The van der Waals surface area contributed by atoms with Gasteiger partial charge in [0, 0.05) is 19.1 Å². The van der Waals surface area contributed by atoms with Crippen LogP contribution in [-0.2, 0) is 0 Å². The van der Waals surface area contributed by atoms with Crippen molar-refractivity contribution in [1.82, 2.24) is 0 Å². The van der Waals surface area contributed by atoms with Crippen LogP contribution in [0.3, 0.4) is 0 Å². The van der Waals surface area contributed by atoms with E-state index in [9.17, 15) is 22.0 Å². The fourth-order valence-corrected chi connectivity index (χ4v) is 1.61. The molecule has 18 heavy (non-hydrogen) atoms. The van der Waals surface area contributed by atoms with Crippen LogP contribution in [0.15, 0.2) is 0 Å². The third-order valence-electron chi connectivity index (χ3n) is 2.47. The van der Waals surface area contributed by atoms with Crippen molar-refractivity contribution in [1.29, 1.82) is 0 Å². The summed E-state index contributed by atoms with van der Waals surface area (Å²) in [6.07, 6.45) is 0. The average Bonchev–Trinajstić information content (AvgIpc) is 2.33. The molecule has 1 aromatic rings. The number of halogens is 5. The Balaban J connectivity index is 3.47. The Morgan fingerprint density at radius 3 is 1.61 bits per heavy atom. The third kappa shape index (κ3) is 2.40. The summed E-state index contributed by atoms with van der Waals surface area (Å²) in [5, 5.41) is 0. The lowest BCUT2D eigenvalue weighted by Crippen LogP contribution is -2.37. The van der Waals surface area contributed by atoms with Gasteiger partial charge in [-0.2, -0.15) is 0 Å². The molecule has 0 heterocycles. The van der Waals surface area contributed by atoms with E-state index in [-0.39, 0.29) is 13.1 Å². The van der Waals surface area contributed by atoms with Crippen molar-refractivity contribution in [2.45, 2.75) is 19.9 Å². The van der Waals surface area contributed by atoms with E-state index in [1.165, 1.54) is 0 Å². The van der Waals surface area contributed by atoms with Crippen LogP contribution in [-0.4, -0.2) is 19.1 Å². The van der Waals surface area contributed by atoms with Crippen LogP contribution in [0.1, 0.15) is 13.8 Å². The lowest BCUT2D eigenvalue weighted by atomic mass is 10.2. The van der Waals surface area contributed by atoms with E-state index in [0.717, 1.165) is 4.90 Å². The van der Waals surface area contributed by atoms with E-state index < -0.39 is 40.8 Å². The molecule has 2 N–H and O–H groups in total. The Hall–Kier alpha value is -1.37. The number of nitrogens with zero attached hydrogens (tertiary/aromatic N) is 1. The van der Waals surface area contributed by atoms with E-state index in [0.29, 0.717) is 0 Å². The van der Waals surface area contributed by atoms with Crippen LogP contribution in [0.25, 0.3) is 0 Å². The highest BCUT2D eigenvalue weighted by Crippen LogP contribution is 2.31. The molecule has 0 aliphatic carbocycles. The fourth-order valence-electron chi connectivity index (χ4n) is 1.61. The molecule has 0 atom stereocenters. The highest BCUT2D eigenvalue weighted by atomic mass is 19.2. The Labute approximate surface area is 101 Å². The fraction of sp³-hybridized carbons (Fsp3) is 0.455. The normalized spacial score (nSPS) is 11.2. The van der Waals surface area contributed by atoms with E-state index in [1.807, 2.05) is 0 Å². The van der Waals surface area contributed by atoms with Crippen molar-refractivity contribution in [2.75, 3.05) is 18.0 Å². The predicted molar refractivity (Wildman–Crippen MR) is 57.8 cm³/mol. The first kappa shape index (κ1) is 14.7. The molecule has 0 unspecified atom stereocenters. The highest BCUT2D eigenvalue weighted by molar-refractivity contribution is 5.51. The average molecular weight is 268 g/mol. The molecule has 0 amide bonds. The van der Waals surface area contributed by atoms with Crippen LogP contribution < -0.4 is 10.6 Å². The van der Waals surface area contributed by atoms with Gasteiger partial charge in [0.2, 0.25) is 5.82 Å².